The van der Waals surface area contributed by atoms with E-state index in [-0.39, 0.29) is 5.75 Å². The maximum atomic E-state index is 10.0. The Bertz CT molecular complexity index is 450. The zero-order valence-corrected chi connectivity index (χ0v) is 13.0. The van der Waals surface area contributed by atoms with Crippen LogP contribution in [0.15, 0.2) is 12.1 Å². The lowest BCUT2D eigenvalue weighted by molar-refractivity contribution is 0.156. The number of benzene rings is 1. The van der Waals surface area contributed by atoms with Crippen LogP contribution in [0.3, 0.4) is 0 Å². The van der Waals surface area contributed by atoms with Crippen LogP contribution in [0.4, 0.5) is 0 Å². The number of rotatable bonds is 3. The Balaban J connectivity index is 2.08. The second kappa shape index (κ2) is 6.34. The molecule has 0 heterocycles. The van der Waals surface area contributed by atoms with E-state index in [1.807, 2.05) is 0 Å². The third kappa shape index (κ3) is 3.77. The van der Waals surface area contributed by atoms with E-state index >= 15 is 0 Å². The van der Waals surface area contributed by atoms with Crippen molar-refractivity contribution in [2.24, 2.45) is 5.92 Å². The molecule has 0 bridgehead atoms. The van der Waals surface area contributed by atoms with E-state index in [0.29, 0.717) is 22.6 Å². The van der Waals surface area contributed by atoms with Crippen LogP contribution < -0.4 is 0 Å². The number of aromatic hydroxyl groups is 1. The number of phenols is 1. The summed E-state index contributed by atoms with van der Waals surface area (Å²) in [6, 6.07) is 3.96. The predicted molar refractivity (Wildman–Crippen MR) is 81.0 cm³/mol. The van der Waals surface area contributed by atoms with Crippen molar-refractivity contribution < 1.29 is 5.11 Å². The molecule has 106 valence electrons. The van der Waals surface area contributed by atoms with Gasteiger partial charge in [-0.05, 0) is 37.9 Å². The van der Waals surface area contributed by atoms with Crippen LogP contribution in [-0.2, 0) is 6.54 Å². The van der Waals surface area contributed by atoms with Gasteiger partial charge in [0, 0.05) is 23.2 Å². The Kier molecular flexibility index (Phi) is 4.99. The highest BCUT2D eigenvalue weighted by molar-refractivity contribution is 6.35. The fourth-order valence-corrected chi connectivity index (χ4v) is 3.48. The summed E-state index contributed by atoms with van der Waals surface area (Å²) < 4.78 is 0. The van der Waals surface area contributed by atoms with Gasteiger partial charge in [-0.3, -0.25) is 4.90 Å². The second-order valence-electron chi connectivity index (χ2n) is 5.74. The number of halogens is 2. The molecule has 2 atom stereocenters. The molecular weight excluding hydrogens is 281 g/mol. The molecule has 0 spiro atoms. The van der Waals surface area contributed by atoms with E-state index in [4.69, 9.17) is 23.2 Å². The third-order valence-corrected chi connectivity index (χ3v) is 4.57. The summed E-state index contributed by atoms with van der Waals surface area (Å²) in [5.74, 6) is 0.944. The number of nitrogens with zero attached hydrogens (tertiary/aromatic N) is 1. The van der Waals surface area contributed by atoms with Gasteiger partial charge in [0.1, 0.15) is 5.75 Å². The summed E-state index contributed by atoms with van der Waals surface area (Å²) >= 11 is 12.0. The lowest BCUT2D eigenvalue weighted by Crippen LogP contribution is -2.35. The molecule has 2 rings (SSSR count). The van der Waals surface area contributed by atoms with Gasteiger partial charge in [0.15, 0.2) is 0 Å². The van der Waals surface area contributed by atoms with Crippen molar-refractivity contribution in [2.75, 3.05) is 7.05 Å². The van der Waals surface area contributed by atoms with Crippen LogP contribution in [0.1, 0.15) is 38.2 Å². The molecule has 1 fully saturated rings. The minimum Gasteiger partial charge on any atom is -0.506 e. The average molecular weight is 302 g/mol. The highest BCUT2D eigenvalue weighted by Gasteiger charge is 2.23. The van der Waals surface area contributed by atoms with E-state index in [1.54, 1.807) is 12.1 Å². The molecular formula is C15H21Cl2NO. The maximum Gasteiger partial charge on any atom is 0.138 e. The van der Waals surface area contributed by atoms with Crippen molar-refractivity contribution in [2.45, 2.75) is 45.2 Å². The molecule has 0 amide bonds. The van der Waals surface area contributed by atoms with Crippen LogP contribution in [0, 0.1) is 5.92 Å². The normalized spacial score (nSPS) is 23.8. The van der Waals surface area contributed by atoms with Crippen LogP contribution in [-0.4, -0.2) is 23.1 Å². The molecule has 1 aromatic carbocycles. The first-order valence-corrected chi connectivity index (χ1v) is 7.60. The molecule has 1 aliphatic carbocycles. The Morgan fingerprint density at radius 3 is 2.74 bits per heavy atom. The summed E-state index contributed by atoms with van der Waals surface area (Å²) in [6.07, 6.45) is 5.08. The van der Waals surface area contributed by atoms with Gasteiger partial charge in [0.05, 0.1) is 5.02 Å². The zero-order chi connectivity index (χ0) is 14.0. The number of hydrogen-bond donors (Lipinski definition) is 1. The quantitative estimate of drug-likeness (QED) is 0.874. The van der Waals surface area contributed by atoms with E-state index in [1.165, 1.54) is 25.7 Å². The van der Waals surface area contributed by atoms with Gasteiger partial charge < -0.3 is 5.11 Å². The summed E-state index contributed by atoms with van der Waals surface area (Å²) in [5, 5.41) is 10.9. The summed E-state index contributed by atoms with van der Waals surface area (Å²) in [6.45, 7) is 3.00. The summed E-state index contributed by atoms with van der Waals surface area (Å²) in [5.41, 5.74) is 0.804. The van der Waals surface area contributed by atoms with Crippen LogP contribution in [0.25, 0.3) is 0 Å². The highest BCUT2D eigenvalue weighted by atomic mass is 35.5. The monoisotopic (exact) mass is 301 g/mol. The fourth-order valence-electron chi connectivity index (χ4n) is 2.94. The first kappa shape index (κ1) is 15.0. The molecule has 1 aromatic rings. The Labute approximate surface area is 125 Å². The lowest BCUT2D eigenvalue weighted by atomic mass is 9.86. The summed E-state index contributed by atoms with van der Waals surface area (Å²) in [4.78, 5) is 2.30. The molecule has 0 aromatic heterocycles. The van der Waals surface area contributed by atoms with Gasteiger partial charge in [-0.1, -0.05) is 43.0 Å². The molecule has 1 saturated carbocycles. The number of phenolic OH excluding ortho intramolecular Hbond substituents is 1. The lowest BCUT2D eigenvalue weighted by Gasteiger charge is -2.34. The minimum atomic E-state index is 0.154. The van der Waals surface area contributed by atoms with Crippen molar-refractivity contribution >= 4 is 23.2 Å². The highest BCUT2D eigenvalue weighted by Crippen LogP contribution is 2.33. The second-order valence-corrected chi connectivity index (χ2v) is 6.58. The molecule has 0 radical (unpaired) electrons. The van der Waals surface area contributed by atoms with E-state index in [0.717, 1.165) is 11.5 Å². The van der Waals surface area contributed by atoms with E-state index in [9.17, 15) is 5.11 Å². The minimum absolute atomic E-state index is 0.154. The van der Waals surface area contributed by atoms with Gasteiger partial charge in [-0.15, -0.1) is 0 Å². The SMILES string of the molecule is CC1CCCC(N(C)Cc2cc(Cl)cc(Cl)c2O)C1. The zero-order valence-electron chi connectivity index (χ0n) is 11.5. The smallest absolute Gasteiger partial charge is 0.138 e. The Hall–Kier alpha value is -0.440. The van der Waals surface area contributed by atoms with Crippen molar-refractivity contribution in [1.29, 1.82) is 0 Å². The van der Waals surface area contributed by atoms with Crippen LogP contribution >= 0.6 is 23.2 Å². The van der Waals surface area contributed by atoms with E-state index < -0.39 is 0 Å². The molecule has 4 heteroatoms. The summed E-state index contributed by atoms with van der Waals surface area (Å²) in [7, 11) is 2.11. The predicted octanol–water partition coefficient (Wildman–Crippen LogP) is 4.71. The van der Waals surface area contributed by atoms with Crippen molar-refractivity contribution in [1.82, 2.24) is 4.90 Å². The van der Waals surface area contributed by atoms with Gasteiger partial charge in [0.2, 0.25) is 0 Å². The van der Waals surface area contributed by atoms with Crippen LogP contribution in [0.5, 0.6) is 5.75 Å². The molecule has 1 aliphatic rings. The Morgan fingerprint density at radius 2 is 2.05 bits per heavy atom. The first-order chi connectivity index (χ1) is 8.97. The van der Waals surface area contributed by atoms with Gasteiger partial charge in [-0.2, -0.15) is 0 Å². The van der Waals surface area contributed by atoms with Crippen LogP contribution in [0.2, 0.25) is 10.0 Å². The molecule has 2 nitrogen and oxygen atoms in total. The first-order valence-electron chi connectivity index (χ1n) is 6.84. The molecule has 19 heavy (non-hydrogen) atoms. The molecule has 0 aliphatic heterocycles. The van der Waals surface area contributed by atoms with Gasteiger partial charge >= 0.3 is 0 Å². The largest absolute Gasteiger partial charge is 0.506 e. The molecule has 2 unspecified atom stereocenters. The van der Waals surface area contributed by atoms with E-state index in [2.05, 4.69) is 18.9 Å². The van der Waals surface area contributed by atoms with Gasteiger partial charge in [-0.25, -0.2) is 0 Å². The third-order valence-electron chi connectivity index (χ3n) is 4.06. The molecule has 1 N–H and O–H groups in total. The van der Waals surface area contributed by atoms with Crippen molar-refractivity contribution in [3.63, 3.8) is 0 Å². The van der Waals surface area contributed by atoms with Crippen molar-refractivity contribution in [3.8, 4) is 5.75 Å². The van der Waals surface area contributed by atoms with Gasteiger partial charge in [0.25, 0.3) is 0 Å². The standard InChI is InChI=1S/C15H21Cl2NO/c1-10-4-3-5-13(6-10)18(2)9-11-7-12(16)8-14(17)15(11)19/h7-8,10,13,19H,3-6,9H2,1-2H3. The van der Waals surface area contributed by atoms with Crippen molar-refractivity contribution in [3.05, 3.63) is 27.7 Å². The number of hydrogen-bond acceptors (Lipinski definition) is 2. The molecule has 0 saturated heterocycles. The fraction of sp³-hybridized carbons (Fsp3) is 0.600. The average Bonchev–Trinajstić information content (AvgIpc) is 2.35. The Morgan fingerprint density at radius 1 is 1.32 bits per heavy atom. The topological polar surface area (TPSA) is 23.5 Å². The maximum absolute atomic E-state index is 10.0.